The lowest BCUT2D eigenvalue weighted by molar-refractivity contribution is 0.0961. The molecule has 2 aromatic rings. The topological polar surface area (TPSA) is 91.2 Å². The predicted octanol–water partition coefficient (Wildman–Crippen LogP) is 1.18. The number of carbonyl (C=O) groups is 1. The maximum atomic E-state index is 11.9. The molecule has 22 heavy (non-hydrogen) atoms. The highest BCUT2D eigenvalue weighted by molar-refractivity contribution is 5.96. The van der Waals surface area contributed by atoms with Gasteiger partial charge < -0.3 is 19.4 Å². The number of amides is 1. The minimum atomic E-state index is -0.163. The van der Waals surface area contributed by atoms with Gasteiger partial charge in [-0.05, 0) is 13.8 Å². The van der Waals surface area contributed by atoms with Gasteiger partial charge in [0.25, 0.3) is 5.91 Å². The van der Waals surface area contributed by atoms with E-state index in [4.69, 9.17) is 9.47 Å². The van der Waals surface area contributed by atoms with Crippen molar-refractivity contribution >= 4 is 5.91 Å². The molecule has 1 amide bonds. The Morgan fingerprint density at radius 1 is 1.27 bits per heavy atom. The second-order valence-corrected chi connectivity index (χ2v) is 5.16. The van der Waals surface area contributed by atoms with E-state index in [0.717, 1.165) is 5.69 Å². The number of methoxy groups -OCH3 is 2. The third kappa shape index (κ3) is 2.07. The SMILES string of the molecule is COc1ncc(-c2nc3c(n2C(C)C)CNC3=O)c(OC)n1. The zero-order valence-electron chi connectivity index (χ0n) is 12.9. The summed E-state index contributed by atoms with van der Waals surface area (Å²) < 4.78 is 12.3. The predicted molar refractivity (Wildman–Crippen MR) is 77.9 cm³/mol. The van der Waals surface area contributed by atoms with Crippen LogP contribution in [0.25, 0.3) is 11.4 Å². The molecule has 1 aliphatic heterocycles. The summed E-state index contributed by atoms with van der Waals surface area (Å²) in [5.74, 6) is 0.816. The summed E-state index contributed by atoms with van der Waals surface area (Å²) >= 11 is 0. The molecule has 0 radical (unpaired) electrons. The summed E-state index contributed by atoms with van der Waals surface area (Å²) in [6, 6.07) is 0.347. The van der Waals surface area contributed by atoms with Gasteiger partial charge in [0.15, 0.2) is 5.69 Å². The number of carbonyl (C=O) groups excluding carboxylic acids is 1. The number of hydrogen-bond acceptors (Lipinski definition) is 6. The lowest BCUT2D eigenvalue weighted by atomic mass is 10.2. The van der Waals surface area contributed by atoms with Gasteiger partial charge in [-0.1, -0.05) is 0 Å². The van der Waals surface area contributed by atoms with Gasteiger partial charge in [0.05, 0.1) is 32.0 Å². The molecule has 0 saturated heterocycles. The Kier molecular flexibility index (Phi) is 3.44. The zero-order valence-corrected chi connectivity index (χ0v) is 12.9. The van der Waals surface area contributed by atoms with E-state index in [1.807, 2.05) is 18.4 Å². The number of hydrogen-bond donors (Lipinski definition) is 1. The molecule has 0 bridgehead atoms. The molecule has 1 aliphatic rings. The van der Waals surface area contributed by atoms with Gasteiger partial charge >= 0.3 is 6.01 Å². The smallest absolute Gasteiger partial charge is 0.319 e. The van der Waals surface area contributed by atoms with Crippen LogP contribution < -0.4 is 14.8 Å². The lowest BCUT2D eigenvalue weighted by Gasteiger charge is -2.16. The first-order valence-electron chi connectivity index (χ1n) is 6.91. The summed E-state index contributed by atoms with van der Waals surface area (Å²) in [5, 5.41) is 2.78. The summed E-state index contributed by atoms with van der Waals surface area (Å²) in [4.78, 5) is 24.6. The van der Waals surface area contributed by atoms with Gasteiger partial charge in [0, 0.05) is 12.2 Å². The standard InChI is InChI=1S/C14H17N5O3/c1-7(2)19-9-6-15-12(20)10(9)17-11(19)8-5-16-14(22-4)18-13(8)21-3/h5,7H,6H2,1-4H3,(H,15,20). The third-order valence-electron chi connectivity index (χ3n) is 3.51. The van der Waals surface area contributed by atoms with Crippen LogP contribution >= 0.6 is 0 Å². The Bertz CT molecular complexity index is 738. The Hall–Kier alpha value is -2.64. The minimum Gasteiger partial charge on any atom is -0.480 e. The van der Waals surface area contributed by atoms with Gasteiger partial charge in [-0.15, -0.1) is 0 Å². The second-order valence-electron chi connectivity index (χ2n) is 5.16. The van der Waals surface area contributed by atoms with Crippen LogP contribution in [0.4, 0.5) is 0 Å². The van der Waals surface area contributed by atoms with Gasteiger partial charge in [-0.2, -0.15) is 4.98 Å². The Morgan fingerprint density at radius 3 is 2.68 bits per heavy atom. The molecule has 8 heteroatoms. The maximum Gasteiger partial charge on any atom is 0.319 e. The van der Waals surface area contributed by atoms with Crippen molar-refractivity contribution in [3.63, 3.8) is 0 Å². The number of imidazole rings is 1. The van der Waals surface area contributed by atoms with E-state index < -0.39 is 0 Å². The molecule has 0 aromatic carbocycles. The van der Waals surface area contributed by atoms with Crippen LogP contribution in [0.5, 0.6) is 11.9 Å². The fraction of sp³-hybridized carbons (Fsp3) is 0.429. The van der Waals surface area contributed by atoms with Crippen LogP contribution in [0.1, 0.15) is 36.1 Å². The molecule has 1 N–H and O–H groups in total. The van der Waals surface area contributed by atoms with Crippen LogP contribution in [0.15, 0.2) is 6.20 Å². The molecule has 0 fully saturated rings. The molecular formula is C14H17N5O3. The number of aromatic nitrogens is 4. The van der Waals surface area contributed by atoms with Crippen molar-refractivity contribution in [1.82, 2.24) is 24.8 Å². The first-order valence-corrected chi connectivity index (χ1v) is 6.91. The highest BCUT2D eigenvalue weighted by atomic mass is 16.5. The summed E-state index contributed by atoms with van der Waals surface area (Å²) in [5.41, 5.74) is 1.94. The number of nitrogens with one attached hydrogen (secondary N) is 1. The normalized spacial score (nSPS) is 13.2. The molecule has 2 aromatic heterocycles. The summed E-state index contributed by atoms with van der Waals surface area (Å²) in [7, 11) is 3.01. The summed E-state index contributed by atoms with van der Waals surface area (Å²) in [6.07, 6.45) is 1.60. The minimum absolute atomic E-state index is 0.130. The average molecular weight is 303 g/mol. The first kappa shape index (κ1) is 14.3. The highest BCUT2D eigenvalue weighted by Gasteiger charge is 2.30. The van der Waals surface area contributed by atoms with Crippen LogP contribution in [0, 0.1) is 0 Å². The molecule has 0 aliphatic carbocycles. The van der Waals surface area contributed by atoms with Crippen molar-refractivity contribution in [1.29, 1.82) is 0 Å². The fourth-order valence-corrected chi connectivity index (χ4v) is 2.57. The van der Waals surface area contributed by atoms with E-state index in [0.29, 0.717) is 29.5 Å². The molecule has 3 heterocycles. The van der Waals surface area contributed by atoms with Gasteiger partial charge in [0.1, 0.15) is 5.82 Å². The Labute approximate surface area is 127 Å². The molecular weight excluding hydrogens is 286 g/mol. The van der Waals surface area contributed by atoms with Crippen LogP contribution in [-0.4, -0.2) is 39.6 Å². The van der Waals surface area contributed by atoms with Crippen LogP contribution in [0.2, 0.25) is 0 Å². The molecule has 116 valence electrons. The molecule has 0 atom stereocenters. The van der Waals surface area contributed by atoms with Gasteiger partial charge in [-0.3, -0.25) is 4.79 Å². The molecule has 0 spiro atoms. The first-order chi connectivity index (χ1) is 10.6. The van der Waals surface area contributed by atoms with Crippen molar-refractivity contribution in [2.24, 2.45) is 0 Å². The largest absolute Gasteiger partial charge is 0.480 e. The van der Waals surface area contributed by atoms with Gasteiger partial charge in [0.2, 0.25) is 5.88 Å². The highest BCUT2D eigenvalue weighted by Crippen LogP contribution is 2.33. The quantitative estimate of drug-likeness (QED) is 0.912. The Morgan fingerprint density at radius 2 is 2.05 bits per heavy atom. The van der Waals surface area contributed by atoms with Crippen LogP contribution in [0.3, 0.4) is 0 Å². The number of ether oxygens (including phenoxy) is 2. The number of rotatable bonds is 4. The molecule has 3 rings (SSSR count). The van der Waals surface area contributed by atoms with Crippen molar-refractivity contribution in [3.05, 3.63) is 17.6 Å². The van der Waals surface area contributed by atoms with E-state index >= 15 is 0 Å². The third-order valence-corrected chi connectivity index (χ3v) is 3.51. The van der Waals surface area contributed by atoms with Crippen LogP contribution in [-0.2, 0) is 6.54 Å². The van der Waals surface area contributed by atoms with Crippen molar-refractivity contribution in [2.75, 3.05) is 14.2 Å². The van der Waals surface area contributed by atoms with Gasteiger partial charge in [-0.25, -0.2) is 9.97 Å². The Balaban J connectivity index is 2.21. The average Bonchev–Trinajstić information content (AvgIpc) is 3.06. The second kappa shape index (κ2) is 5.28. The monoisotopic (exact) mass is 303 g/mol. The lowest BCUT2D eigenvalue weighted by Crippen LogP contribution is -2.16. The van der Waals surface area contributed by atoms with Crippen molar-refractivity contribution in [3.8, 4) is 23.3 Å². The number of nitrogens with zero attached hydrogens (tertiary/aromatic N) is 4. The molecule has 0 saturated carbocycles. The summed E-state index contributed by atoms with van der Waals surface area (Å²) in [6.45, 7) is 4.54. The van der Waals surface area contributed by atoms with E-state index in [2.05, 4.69) is 20.3 Å². The van der Waals surface area contributed by atoms with E-state index in [9.17, 15) is 4.79 Å². The van der Waals surface area contributed by atoms with E-state index in [1.54, 1.807) is 6.20 Å². The van der Waals surface area contributed by atoms with Crippen molar-refractivity contribution < 1.29 is 14.3 Å². The molecule has 0 unspecified atom stereocenters. The maximum absolute atomic E-state index is 11.9. The van der Waals surface area contributed by atoms with E-state index in [1.165, 1.54) is 14.2 Å². The van der Waals surface area contributed by atoms with Crippen molar-refractivity contribution in [2.45, 2.75) is 26.4 Å². The van der Waals surface area contributed by atoms with E-state index in [-0.39, 0.29) is 18.0 Å². The number of fused-ring (bicyclic) bond motifs is 1. The molecule has 8 nitrogen and oxygen atoms in total. The zero-order chi connectivity index (χ0) is 15.9. The fourth-order valence-electron chi connectivity index (χ4n) is 2.57.